The highest BCUT2D eigenvalue weighted by Crippen LogP contribution is 2.28. The van der Waals surface area contributed by atoms with E-state index in [0.29, 0.717) is 5.69 Å². The van der Waals surface area contributed by atoms with Crippen LogP contribution in [0.3, 0.4) is 0 Å². The summed E-state index contributed by atoms with van der Waals surface area (Å²) in [5.74, 6) is 0. The van der Waals surface area contributed by atoms with Crippen molar-refractivity contribution in [3.8, 4) is 6.07 Å². The van der Waals surface area contributed by atoms with Crippen LogP contribution in [0.5, 0.6) is 0 Å². The SMILES string of the molecule is N#Cc1nc(Sc2cccc(Br)c2)ccc1N. The minimum atomic E-state index is 0.269. The van der Waals surface area contributed by atoms with E-state index < -0.39 is 0 Å². The third kappa shape index (κ3) is 2.99. The largest absolute Gasteiger partial charge is 0.396 e. The molecule has 0 unspecified atom stereocenters. The second-order valence-corrected chi connectivity index (χ2v) is 5.27. The van der Waals surface area contributed by atoms with Gasteiger partial charge in [-0.1, -0.05) is 33.8 Å². The van der Waals surface area contributed by atoms with Crippen molar-refractivity contribution in [2.45, 2.75) is 9.92 Å². The third-order valence-electron chi connectivity index (χ3n) is 2.03. The Morgan fingerprint density at radius 1 is 1.29 bits per heavy atom. The molecule has 0 fully saturated rings. The zero-order valence-electron chi connectivity index (χ0n) is 8.72. The van der Waals surface area contributed by atoms with Crippen LogP contribution in [0.4, 0.5) is 5.69 Å². The quantitative estimate of drug-likeness (QED) is 0.923. The van der Waals surface area contributed by atoms with Gasteiger partial charge in [0.15, 0.2) is 5.69 Å². The van der Waals surface area contributed by atoms with Crippen molar-refractivity contribution in [3.63, 3.8) is 0 Å². The van der Waals surface area contributed by atoms with Crippen LogP contribution < -0.4 is 5.73 Å². The molecule has 0 atom stereocenters. The van der Waals surface area contributed by atoms with Gasteiger partial charge in [0, 0.05) is 9.37 Å². The maximum absolute atomic E-state index is 8.84. The highest BCUT2D eigenvalue weighted by Gasteiger charge is 2.04. The Balaban J connectivity index is 2.28. The molecule has 2 rings (SSSR count). The summed E-state index contributed by atoms with van der Waals surface area (Å²) in [6.07, 6.45) is 0. The van der Waals surface area contributed by atoms with Crippen molar-refractivity contribution in [1.29, 1.82) is 5.26 Å². The van der Waals surface area contributed by atoms with Crippen LogP contribution in [-0.2, 0) is 0 Å². The van der Waals surface area contributed by atoms with Gasteiger partial charge in [0.25, 0.3) is 0 Å². The number of nitriles is 1. The van der Waals surface area contributed by atoms with E-state index in [1.54, 1.807) is 6.07 Å². The van der Waals surface area contributed by atoms with Gasteiger partial charge in [-0.2, -0.15) is 5.26 Å². The number of halogens is 1. The van der Waals surface area contributed by atoms with E-state index in [4.69, 9.17) is 11.0 Å². The molecular weight excluding hydrogens is 298 g/mol. The van der Waals surface area contributed by atoms with Crippen LogP contribution in [0.1, 0.15) is 5.69 Å². The van der Waals surface area contributed by atoms with Gasteiger partial charge in [-0.15, -0.1) is 0 Å². The Kier molecular flexibility index (Phi) is 3.67. The Morgan fingerprint density at radius 2 is 2.12 bits per heavy atom. The molecule has 3 nitrogen and oxygen atoms in total. The molecule has 2 N–H and O–H groups in total. The summed E-state index contributed by atoms with van der Waals surface area (Å²) in [6.45, 7) is 0. The number of hydrogen-bond acceptors (Lipinski definition) is 4. The molecule has 0 saturated heterocycles. The van der Waals surface area contributed by atoms with Crippen LogP contribution in [0.25, 0.3) is 0 Å². The van der Waals surface area contributed by atoms with Crippen molar-refractivity contribution in [3.05, 3.63) is 46.6 Å². The summed E-state index contributed by atoms with van der Waals surface area (Å²) >= 11 is 4.90. The number of rotatable bonds is 2. The normalized spacial score (nSPS) is 9.88. The second kappa shape index (κ2) is 5.21. The molecule has 0 aliphatic carbocycles. The lowest BCUT2D eigenvalue weighted by Gasteiger charge is -2.03. The molecule has 1 aromatic heterocycles. The van der Waals surface area contributed by atoms with Crippen molar-refractivity contribution < 1.29 is 0 Å². The fourth-order valence-corrected chi connectivity index (χ4v) is 2.65. The third-order valence-corrected chi connectivity index (χ3v) is 3.44. The molecule has 0 amide bonds. The summed E-state index contributed by atoms with van der Waals surface area (Å²) in [5, 5.41) is 9.60. The summed E-state index contributed by atoms with van der Waals surface area (Å²) in [7, 11) is 0. The molecule has 0 saturated carbocycles. The number of nitrogens with two attached hydrogens (primary N) is 1. The average Bonchev–Trinajstić information content (AvgIpc) is 2.32. The molecule has 5 heteroatoms. The first-order chi connectivity index (χ1) is 8.19. The fourth-order valence-electron chi connectivity index (χ4n) is 1.25. The maximum Gasteiger partial charge on any atom is 0.164 e. The Morgan fingerprint density at radius 3 is 2.82 bits per heavy atom. The topological polar surface area (TPSA) is 62.7 Å². The summed E-state index contributed by atoms with van der Waals surface area (Å²) in [5.41, 5.74) is 6.29. The molecule has 1 aromatic carbocycles. The number of benzene rings is 1. The first-order valence-electron chi connectivity index (χ1n) is 4.79. The molecule has 0 radical (unpaired) electrons. The lowest BCUT2D eigenvalue weighted by Crippen LogP contribution is -1.94. The predicted octanol–water partition coefficient (Wildman–Crippen LogP) is 3.45. The van der Waals surface area contributed by atoms with Crippen LogP contribution in [0.2, 0.25) is 0 Å². The Bertz CT molecular complexity index is 593. The molecule has 0 spiro atoms. The van der Waals surface area contributed by atoms with Gasteiger partial charge in [-0.3, -0.25) is 0 Å². The molecule has 0 bridgehead atoms. The number of hydrogen-bond donors (Lipinski definition) is 1. The number of anilines is 1. The monoisotopic (exact) mass is 305 g/mol. The summed E-state index contributed by atoms with van der Waals surface area (Å²) in [6, 6.07) is 13.4. The van der Waals surface area contributed by atoms with E-state index in [9.17, 15) is 0 Å². The highest BCUT2D eigenvalue weighted by atomic mass is 79.9. The lowest BCUT2D eigenvalue weighted by atomic mass is 10.3. The zero-order valence-corrected chi connectivity index (χ0v) is 11.1. The molecule has 2 aromatic rings. The van der Waals surface area contributed by atoms with Crippen molar-refractivity contribution in [2.75, 3.05) is 5.73 Å². The second-order valence-electron chi connectivity index (χ2n) is 3.26. The van der Waals surface area contributed by atoms with Gasteiger partial charge in [-0.05, 0) is 30.3 Å². The van der Waals surface area contributed by atoms with Gasteiger partial charge in [0.2, 0.25) is 0 Å². The number of pyridine rings is 1. The van der Waals surface area contributed by atoms with Crippen molar-refractivity contribution >= 4 is 33.4 Å². The van der Waals surface area contributed by atoms with E-state index in [1.807, 2.05) is 36.4 Å². The average molecular weight is 306 g/mol. The molecule has 1 heterocycles. The van der Waals surface area contributed by atoms with Crippen LogP contribution in [-0.4, -0.2) is 4.98 Å². The van der Waals surface area contributed by atoms with Gasteiger partial charge < -0.3 is 5.73 Å². The van der Waals surface area contributed by atoms with E-state index in [2.05, 4.69) is 20.9 Å². The molecule has 84 valence electrons. The minimum absolute atomic E-state index is 0.269. The van der Waals surface area contributed by atoms with Gasteiger partial charge in [-0.25, -0.2) is 4.98 Å². The highest BCUT2D eigenvalue weighted by molar-refractivity contribution is 9.10. The summed E-state index contributed by atoms with van der Waals surface area (Å²) in [4.78, 5) is 5.23. The fraction of sp³-hybridized carbons (Fsp3) is 0. The van der Waals surface area contributed by atoms with E-state index in [1.165, 1.54) is 11.8 Å². The van der Waals surface area contributed by atoms with Crippen molar-refractivity contribution in [1.82, 2.24) is 4.98 Å². The van der Waals surface area contributed by atoms with E-state index >= 15 is 0 Å². The van der Waals surface area contributed by atoms with E-state index in [0.717, 1.165) is 14.4 Å². The van der Waals surface area contributed by atoms with Gasteiger partial charge in [0.05, 0.1) is 5.69 Å². The summed E-state index contributed by atoms with van der Waals surface area (Å²) < 4.78 is 1.01. The predicted molar refractivity (Wildman–Crippen MR) is 71.6 cm³/mol. The first kappa shape index (κ1) is 12.0. The number of aromatic nitrogens is 1. The lowest BCUT2D eigenvalue weighted by molar-refractivity contribution is 1.11. The number of nitrogen functional groups attached to an aromatic ring is 1. The molecule has 0 aliphatic rings. The standard InChI is InChI=1S/C12H8BrN3S/c13-8-2-1-3-9(6-8)17-12-5-4-10(15)11(7-14)16-12/h1-6H,15H2. The smallest absolute Gasteiger partial charge is 0.164 e. The van der Waals surface area contributed by atoms with Gasteiger partial charge >= 0.3 is 0 Å². The van der Waals surface area contributed by atoms with Crippen LogP contribution in [0, 0.1) is 11.3 Å². The van der Waals surface area contributed by atoms with Crippen LogP contribution in [0.15, 0.2) is 50.8 Å². The van der Waals surface area contributed by atoms with Crippen molar-refractivity contribution in [2.24, 2.45) is 0 Å². The van der Waals surface area contributed by atoms with Crippen LogP contribution >= 0.6 is 27.7 Å². The maximum atomic E-state index is 8.84. The number of nitrogens with zero attached hydrogens (tertiary/aromatic N) is 2. The minimum Gasteiger partial charge on any atom is -0.396 e. The Hall–Kier alpha value is -1.51. The molecule has 0 aliphatic heterocycles. The first-order valence-corrected chi connectivity index (χ1v) is 6.40. The van der Waals surface area contributed by atoms with Gasteiger partial charge in [0.1, 0.15) is 11.1 Å². The zero-order chi connectivity index (χ0) is 12.3. The molecule has 17 heavy (non-hydrogen) atoms. The van der Waals surface area contributed by atoms with E-state index in [-0.39, 0.29) is 5.69 Å². The molecular formula is C12H8BrN3S. The Labute approximate surface area is 112 Å².